The van der Waals surface area contributed by atoms with Crippen LogP contribution in [0.4, 0.5) is 10.8 Å². The standard InChI is InChI=1S/C19H14N4O3S/c1-2-15-21-22-19(27-15)20-16(24)11-7-9-12(10-8-11)23-17(25)13-5-3-4-6-14(13)18(23)26/h3-10H,2H2,1H3,(H,20,22,24). The highest BCUT2D eigenvalue weighted by Gasteiger charge is 2.36. The summed E-state index contributed by atoms with van der Waals surface area (Å²) in [6.07, 6.45) is 0.752. The van der Waals surface area contributed by atoms with E-state index in [1.165, 1.54) is 11.3 Å². The van der Waals surface area contributed by atoms with Crippen molar-refractivity contribution in [2.75, 3.05) is 10.2 Å². The van der Waals surface area contributed by atoms with Gasteiger partial charge in [0.2, 0.25) is 5.13 Å². The van der Waals surface area contributed by atoms with Gasteiger partial charge in [0.1, 0.15) is 5.01 Å². The maximum atomic E-state index is 12.5. The van der Waals surface area contributed by atoms with Crippen LogP contribution in [-0.2, 0) is 6.42 Å². The number of amides is 3. The van der Waals surface area contributed by atoms with E-state index < -0.39 is 0 Å². The number of hydrogen-bond donors (Lipinski definition) is 1. The van der Waals surface area contributed by atoms with Gasteiger partial charge in [-0.1, -0.05) is 30.4 Å². The van der Waals surface area contributed by atoms with Crippen LogP contribution in [0.1, 0.15) is 43.0 Å². The van der Waals surface area contributed by atoms with Gasteiger partial charge in [0.05, 0.1) is 16.8 Å². The lowest BCUT2D eigenvalue weighted by atomic mass is 10.1. The zero-order valence-electron chi connectivity index (χ0n) is 14.3. The van der Waals surface area contributed by atoms with E-state index in [4.69, 9.17) is 0 Å². The van der Waals surface area contributed by atoms with E-state index in [0.29, 0.717) is 27.5 Å². The molecule has 3 aromatic rings. The van der Waals surface area contributed by atoms with E-state index in [-0.39, 0.29) is 17.7 Å². The molecular formula is C19H14N4O3S. The molecule has 2 aromatic carbocycles. The SMILES string of the molecule is CCc1nnc(NC(=O)c2ccc(N3C(=O)c4ccccc4C3=O)cc2)s1. The van der Waals surface area contributed by atoms with Gasteiger partial charge in [-0.15, -0.1) is 10.2 Å². The van der Waals surface area contributed by atoms with Crippen molar-refractivity contribution in [1.29, 1.82) is 0 Å². The van der Waals surface area contributed by atoms with E-state index in [9.17, 15) is 14.4 Å². The number of aryl methyl sites for hydroxylation is 1. The number of aromatic nitrogens is 2. The van der Waals surface area contributed by atoms with E-state index in [1.54, 1.807) is 48.5 Å². The van der Waals surface area contributed by atoms with Crippen molar-refractivity contribution in [2.45, 2.75) is 13.3 Å². The summed E-state index contributed by atoms with van der Waals surface area (Å²) in [5.41, 5.74) is 1.57. The van der Waals surface area contributed by atoms with Gasteiger partial charge in [-0.3, -0.25) is 19.7 Å². The maximum Gasteiger partial charge on any atom is 0.266 e. The third kappa shape index (κ3) is 3.00. The fourth-order valence-corrected chi connectivity index (χ4v) is 3.48. The Balaban J connectivity index is 1.53. The molecule has 2 heterocycles. The number of carbonyl (C=O) groups is 3. The van der Waals surface area contributed by atoms with Crippen molar-refractivity contribution < 1.29 is 14.4 Å². The molecule has 0 atom stereocenters. The molecule has 134 valence electrons. The molecule has 0 fully saturated rings. The van der Waals surface area contributed by atoms with Crippen molar-refractivity contribution in [3.63, 3.8) is 0 Å². The van der Waals surface area contributed by atoms with Gasteiger partial charge in [0, 0.05) is 5.56 Å². The first kappa shape index (κ1) is 17.0. The Kier molecular flexibility index (Phi) is 4.25. The number of anilines is 2. The van der Waals surface area contributed by atoms with Crippen molar-refractivity contribution in [3.05, 3.63) is 70.2 Å². The van der Waals surface area contributed by atoms with Gasteiger partial charge >= 0.3 is 0 Å². The number of nitrogens with one attached hydrogen (secondary N) is 1. The summed E-state index contributed by atoms with van der Waals surface area (Å²) in [6, 6.07) is 13.0. The molecule has 1 aromatic heterocycles. The minimum absolute atomic E-state index is 0.331. The molecule has 0 unspecified atom stereocenters. The Bertz CT molecular complexity index is 1020. The third-order valence-electron chi connectivity index (χ3n) is 4.17. The highest BCUT2D eigenvalue weighted by molar-refractivity contribution is 7.15. The maximum absolute atomic E-state index is 12.5. The second kappa shape index (κ2) is 6.73. The van der Waals surface area contributed by atoms with Gasteiger partial charge in [0.25, 0.3) is 17.7 Å². The fourth-order valence-electron chi connectivity index (χ4n) is 2.80. The predicted octanol–water partition coefficient (Wildman–Crippen LogP) is 3.15. The van der Waals surface area contributed by atoms with E-state index in [1.807, 2.05) is 6.92 Å². The van der Waals surface area contributed by atoms with Crippen molar-refractivity contribution >= 4 is 39.9 Å². The van der Waals surface area contributed by atoms with Crippen LogP contribution in [0.5, 0.6) is 0 Å². The highest BCUT2D eigenvalue weighted by atomic mass is 32.1. The van der Waals surface area contributed by atoms with Crippen LogP contribution in [0.2, 0.25) is 0 Å². The number of imide groups is 1. The molecule has 8 heteroatoms. The molecule has 0 saturated heterocycles. The smallest absolute Gasteiger partial charge is 0.266 e. The average molecular weight is 378 g/mol. The fraction of sp³-hybridized carbons (Fsp3) is 0.105. The molecule has 0 aliphatic carbocycles. The molecule has 0 radical (unpaired) electrons. The molecule has 1 aliphatic heterocycles. The second-order valence-corrected chi connectivity index (χ2v) is 6.91. The molecule has 3 amide bonds. The number of benzene rings is 2. The topological polar surface area (TPSA) is 92.3 Å². The minimum Gasteiger partial charge on any atom is -0.296 e. The third-order valence-corrected chi connectivity index (χ3v) is 5.15. The van der Waals surface area contributed by atoms with Crippen LogP contribution in [0, 0.1) is 0 Å². The lowest BCUT2D eigenvalue weighted by Crippen LogP contribution is -2.29. The number of rotatable bonds is 4. The molecule has 1 N–H and O–H groups in total. The zero-order valence-corrected chi connectivity index (χ0v) is 15.1. The summed E-state index contributed by atoms with van der Waals surface area (Å²) in [5, 5.41) is 11.8. The number of hydrogen-bond acceptors (Lipinski definition) is 6. The van der Waals surface area contributed by atoms with Crippen LogP contribution < -0.4 is 10.2 Å². The number of nitrogens with zero attached hydrogens (tertiary/aromatic N) is 3. The molecule has 1 aliphatic rings. The lowest BCUT2D eigenvalue weighted by molar-refractivity contribution is 0.0925. The van der Waals surface area contributed by atoms with Crippen molar-refractivity contribution in [3.8, 4) is 0 Å². The minimum atomic E-state index is -0.367. The lowest BCUT2D eigenvalue weighted by Gasteiger charge is -2.14. The highest BCUT2D eigenvalue weighted by Crippen LogP contribution is 2.28. The first-order valence-corrected chi connectivity index (χ1v) is 9.11. The van der Waals surface area contributed by atoms with Gasteiger partial charge in [-0.25, -0.2) is 4.90 Å². The van der Waals surface area contributed by atoms with Crippen LogP contribution in [0.15, 0.2) is 48.5 Å². The zero-order chi connectivity index (χ0) is 19.0. The summed E-state index contributed by atoms with van der Waals surface area (Å²) in [7, 11) is 0. The van der Waals surface area contributed by atoms with Crippen LogP contribution >= 0.6 is 11.3 Å². The largest absolute Gasteiger partial charge is 0.296 e. The summed E-state index contributed by atoms with van der Waals surface area (Å²) in [5.74, 6) is -1.06. The monoisotopic (exact) mass is 378 g/mol. The van der Waals surface area contributed by atoms with Crippen LogP contribution in [0.25, 0.3) is 0 Å². The summed E-state index contributed by atoms with van der Waals surface area (Å²) >= 11 is 1.32. The average Bonchev–Trinajstić information content (AvgIpc) is 3.25. The number of carbonyl (C=O) groups excluding carboxylic acids is 3. The first-order valence-electron chi connectivity index (χ1n) is 8.30. The summed E-state index contributed by atoms with van der Waals surface area (Å²) in [6.45, 7) is 1.96. The van der Waals surface area contributed by atoms with E-state index >= 15 is 0 Å². The Morgan fingerprint density at radius 1 is 1.00 bits per heavy atom. The van der Waals surface area contributed by atoms with Crippen molar-refractivity contribution in [2.24, 2.45) is 0 Å². The molecule has 0 bridgehead atoms. The predicted molar refractivity (Wildman–Crippen MR) is 101 cm³/mol. The van der Waals surface area contributed by atoms with Crippen molar-refractivity contribution in [1.82, 2.24) is 10.2 Å². The van der Waals surface area contributed by atoms with Crippen LogP contribution in [0.3, 0.4) is 0 Å². The Labute approximate surface area is 158 Å². The molecule has 7 nitrogen and oxygen atoms in total. The molecule has 0 saturated carbocycles. The van der Waals surface area contributed by atoms with Crippen LogP contribution in [-0.4, -0.2) is 27.9 Å². The van der Waals surface area contributed by atoms with E-state index in [0.717, 1.165) is 16.3 Å². The summed E-state index contributed by atoms with van der Waals surface area (Å²) < 4.78 is 0. The van der Waals surface area contributed by atoms with Gasteiger partial charge in [0.15, 0.2) is 0 Å². The second-order valence-electron chi connectivity index (χ2n) is 5.85. The molecule has 0 spiro atoms. The van der Waals surface area contributed by atoms with Gasteiger partial charge in [-0.2, -0.15) is 0 Å². The summed E-state index contributed by atoms with van der Waals surface area (Å²) in [4.78, 5) is 38.5. The molecule has 4 rings (SSSR count). The Morgan fingerprint density at radius 3 is 2.19 bits per heavy atom. The molecule has 27 heavy (non-hydrogen) atoms. The Morgan fingerprint density at radius 2 is 1.63 bits per heavy atom. The van der Waals surface area contributed by atoms with Gasteiger partial charge in [-0.05, 0) is 42.8 Å². The normalized spacial score (nSPS) is 13.0. The van der Waals surface area contributed by atoms with Gasteiger partial charge < -0.3 is 0 Å². The molecular weight excluding hydrogens is 364 g/mol. The first-order chi connectivity index (χ1) is 13.1. The van der Waals surface area contributed by atoms with E-state index in [2.05, 4.69) is 15.5 Å². The number of fused-ring (bicyclic) bond motifs is 1. The Hall–Kier alpha value is -3.39. The quantitative estimate of drug-likeness (QED) is 0.704.